The van der Waals surface area contributed by atoms with E-state index < -0.39 is 5.92 Å². The summed E-state index contributed by atoms with van der Waals surface area (Å²) in [6.07, 6.45) is 10.2. The summed E-state index contributed by atoms with van der Waals surface area (Å²) in [6, 6.07) is 0. The van der Waals surface area contributed by atoms with Crippen molar-refractivity contribution in [3.63, 3.8) is 0 Å². The van der Waals surface area contributed by atoms with Gasteiger partial charge in [-0.1, -0.05) is 52.4 Å². The third-order valence-corrected chi connectivity index (χ3v) is 3.62. The number of unbranched alkanes of at least 4 members (excludes halogenated alkanes) is 6. The van der Waals surface area contributed by atoms with Crippen molar-refractivity contribution in [2.45, 2.75) is 84.0 Å². The molecule has 17 heavy (non-hydrogen) atoms. The van der Waals surface area contributed by atoms with Gasteiger partial charge < -0.3 is 0 Å². The van der Waals surface area contributed by atoms with Crippen molar-refractivity contribution in [1.29, 1.82) is 0 Å². The largest absolute Gasteiger partial charge is 0.291 e. The number of hydrogen-bond donors (Lipinski definition) is 0. The summed E-state index contributed by atoms with van der Waals surface area (Å²) in [5, 5.41) is 0. The van der Waals surface area contributed by atoms with Crippen LogP contribution in [-0.4, -0.2) is 5.92 Å². The van der Waals surface area contributed by atoms with Gasteiger partial charge in [0, 0.05) is 11.1 Å². The highest BCUT2D eigenvalue weighted by Crippen LogP contribution is 2.53. The molecule has 1 aliphatic rings. The lowest BCUT2D eigenvalue weighted by Gasteiger charge is -2.00. The van der Waals surface area contributed by atoms with Crippen LogP contribution in [-0.2, 0) is 0 Å². The Morgan fingerprint density at radius 1 is 0.706 bits per heavy atom. The van der Waals surface area contributed by atoms with E-state index in [-0.39, 0.29) is 0 Å². The van der Waals surface area contributed by atoms with E-state index >= 15 is 0 Å². The highest BCUT2D eigenvalue weighted by atomic mass is 19.3. The third-order valence-electron chi connectivity index (χ3n) is 3.62. The van der Waals surface area contributed by atoms with Crippen molar-refractivity contribution in [2.24, 2.45) is 0 Å². The molecule has 0 amide bonds. The molecule has 0 aromatic heterocycles. The zero-order valence-corrected chi connectivity index (χ0v) is 11.3. The molecule has 0 saturated carbocycles. The molecule has 0 N–H and O–H groups in total. The van der Waals surface area contributed by atoms with E-state index in [4.69, 9.17) is 0 Å². The zero-order valence-electron chi connectivity index (χ0n) is 11.3. The lowest BCUT2D eigenvalue weighted by molar-refractivity contribution is 0.129. The van der Waals surface area contributed by atoms with Crippen LogP contribution >= 0.6 is 0 Å². The average molecular weight is 244 g/mol. The van der Waals surface area contributed by atoms with E-state index in [9.17, 15) is 8.78 Å². The van der Waals surface area contributed by atoms with Crippen LogP contribution in [0, 0.1) is 0 Å². The van der Waals surface area contributed by atoms with Gasteiger partial charge >= 0.3 is 0 Å². The van der Waals surface area contributed by atoms with E-state index in [2.05, 4.69) is 13.8 Å². The van der Waals surface area contributed by atoms with Gasteiger partial charge in [-0.2, -0.15) is 8.78 Å². The van der Waals surface area contributed by atoms with Crippen LogP contribution in [0.25, 0.3) is 0 Å². The summed E-state index contributed by atoms with van der Waals surface area (Å²) >= 11 is 0. The average Bonchev–Trinajstić information content (AvgIpc) is 2.82. The van der Waals surface area contributed by atoms with Crippen molar-refractivity contribution in [3.05, 3.63) is 11.1 Å². The minimum Gasteiger partial charge on any atom is -0.197 e. The Kier molecular flexibility index (Phi) is 6.15. The molecule has 100 valence electrons. The Balaban J connectivity index is 2.11. The smallest absolute Gasteiger partial charge is 0.197 e. The van der Waals surface area contributed by atoms with Crippen molar-refractivity contribution in [1.82, 2.24) is 0 Å². The van der Waals surface area contributed by atoms with Gasteiger partial charge in [0.15, 0.2) is 0 Å². The normalized spacial score (nSPS) is 17.6. The maximum atomic E-state index is 13.3. The number of rotatable bonds is 10. The first-order valence-corrected chi connectivity index (χ1v) is 7.25. The molecule has 0 spiro atoms. The number of halogens is 2. The monoisotopic (exact) mass is 244 g/mol. The summed E-state index contributed by atoms with van der Waals surface area (Å²) in [7, 11) is 0. The Morgan fingerprint density at radius 3 is 1.76 bits per heavy atom. The first-order chi connectivity index (χ1) is 8.14. The first kappa shape index (κ1) is 14.7. The summed E-state index contributed by atoms with van der Waals surface area (Å²) in [5.74, 6) is -2.49. The van der Waals surface area contributed by atoms with E-state index in [0.717, 1.165) is 25.7 Å². The van der Waals surface area contributed by atoms with Gasteiger partial charge in [0.1, 0.15) is 0 Å². The van der Waals surface area contributed by atoms with Crippen LogP contribution in [0.3, 0.4) is 0 Å². The Hall–Kier alpha value is -0.400. The molecule has 0 aromatic rings. The van der Waals surface area contributed by atoms with Crippen LogP contribution in [0.5, 0.6) is 0 Å². The van der Waals surface area contributed by atoms with E-state index in [1.165, 1.54) is 25.7 Å². The van der Waals surface area contributed by atoms with E-state index in [1.807, 2.05) is 0 Å². The second-order valence-corrected chi connectivity index (χ2v) is 5.15. The summed E-state index contributed by atoms with van der Waals surface area (Å²) < 4.78 is 26.7. The van der Waals surface area contributed by atoms with Gasteiger partial charge in [0.05, 0.1) is 0 Å². The van der Waals surface area contributed by atoms with Crippen molar-refractivity contribution < 1.29 is 8.78 Å². The minimum absolute atomic E-state index is 0.466. The van der Waals surface area contributed by atoms with Gasteiger partial charge in [-0.3, -0.25) is 0 Å². The first-order valence-electron chi connectivity index (χ1n) is 7.25. The highest BCUT2D eigenvalue weighted by Gasteiger charge is 2.53. The molecule has 0 radical (unpaired) electrons. The van der Waals surface area contributed by atoms with Crippen molar-refractivity contribution in [3.8, 4) is 0 Å². The summed E-state index contributed by atoms with van der Waals surface area (Å²) in [4.78, 5) is 0. The SMILES string of the molecule is CCCCCCCCC1=C(CCCC)C1(F)F. The van der Waals surface area contributed by atoms with Crippen LogP contribution < -0.4 is 0 Å². The minimum atomic E-state index is -2.49. The Bertz CT molecular complexity index is 254. The molecular formula is C15H26F2. The number of alkyl halides is 2. The second-order valence-electron chi connectivity index (χ2n) is 5.15. The fourth-order valence-electron chi connectivity index (χ4n) is 2.38. The molecule has 0 heterocycles. The maximum absolute atomic E-state index is 13.3. The Labute approximate surface area is 104 Å². The van der Waals surface area contributed by atoms with E-state index in [0.29, 0.717) is 24.0 Å². The maximum Gasteiger partial charge on any atom is 0.291 e. The van der Waals surface area contributed by atoms with E-state index in [1.54, 1.807) is 0 Å². The lowest BCUT2D eigenvalue weighted by atomic mass is 10.1. The second kappa shape index (κ2) is 7.13. The molecule has 1 rings (SSSR count). The van der Waals surface area contributed by atoms with Gasteiger partial charge in [-0.15, -0.1) is 0 Å². The number of allylic oxidation sites excluding steroid dienone is 2. The molecule has 2 heteroatoms. The van der Waals surface area contributed by atoms with Crippen LogP contribution in [0.15, 0.2) is 11.1 Å². The molecule has 0 bridgehead atoms. The molecule has 0 aliphatic heterocycles. The number of hydrogen-bond acceptors (Lipinski definition) is 0. The highest BCUT2D eigenvalue weighted by molar-refractivity contribution is 5.48. The third kappa shape index (κ3) is 4.40. The predicted molar refractivity (Wildman–Crippen MR) is 69.5 cm³/mol. The molecule has 0 unspecified atom stereocenters. The molecule has 0 aromatic carbocycles. The summed E-state index contributed by atoms with van der Waals surface area (Å²) in [5.41, 5.74) is 0.939. The van der Waals surface area contributed by atoms with Crippen molar-refractivity contribution >= 4 is 0 Å². The summed E-state index contributed by atoms with van der Waals surface area (Å²) in [6.45, 7) is 4.24. The quantitative estimate of drug-likeness (QED) is 0.333. The van der Waals surface area contributed by atoms with Gasteiger partial charge in [-0.25, -0.2) is 0 Å². The molecule has 0 fully saturated rings. The molecule has 0 nitrogen and oxygen atoms in total. The topological polar surface area (TPSA) is 0 Å². The van der Waals surface area contributed by atoms with Crippen LogP contribution in [0.4, 0.5) is 8.78 Å². The molecule has 0 atom stereocenters. The predicted octanol–water partition coefficient (Wildman–Crippen LogP) is 5.87. The molecular weight excluding hydrogens is 218 g/mol. The van der Waals surface area contributed by atoms with Crippen molar-refractivity contribution in [2.75, 3.05) is 0 Å². The fourth-order valence-corrected chi connectivity index (χ4v) is 2.38. The standard InChI is InChI=1S/C15H26F2/c1-3-5-7-8-9-10-12-14-13(11-6-4-2)15(14,16)17/h3-12H2,1-2H3. The lowest BCUT2D eigenvalue weighted by Crippen LogP contribution is -1.97. The van der Waals surface area contributed by atoms with Crippen LogP contribution in [0.1, 0.15) is 78.1 Å². The molecule has 1 aliphatic carbocycles. The zero-order chi connectivity index (χ0) is 12.7. The fraction of sp³-hybridized carbons (Fsp3) is 0.867. The Morgan fingerprint density at radius 2 is 1.18 bits per heavy atom. The van der Waals surface area contributed by atoms with Gasteiger partial charge in [-0.05, 0) is 25.7 Å². The molecule has 0 saturated heterocycles. The van der Waals surface area contributed by atoms with Gasteiger partial charge in [0.25, 0.3) is 5.92 Å². The van der Waals surface area contributed by atoms with Gasteiger partial charge in [0.2, 0.25) is 0 Å². The van der Waals surface area contributed by atoms with Crippen LogP contribution in [0.2, 0.25) is 0 Å².